The van der Waals surface area contributed by atoms with Gasteiger partial charge >= 0.3 is 0 Å². The number of hydrogen-bond donors (Lipinski definition) is 1. The Morgan fingerprint density at radius 2 is 1.66 bits per heavy atom. The first kappa shape index (κ1) is 29.4. The Morgan fingerprint density at radius 3 is 2.24 bits per heavy atom. The van der Waals surface area contributed by atoms with Crippen LogP contribution in [0.3, 0.4) is 0 Å². The molecule has 1 aliphatic heterocycles. The van der Waals surface area contributed by atoms with Crippen LogP contribution in [0.4, 0.5) is 5.69 Å². The van der Waals surface area contributed by atoms with Crippen LogP contribution in [0.25, 0.3) is 0 Å². The van der Waals surface area contributed by atoms with Crippen molar-refractivity contribution in [2.24, 2.45) is 0 Å². The van der Waals surface area contributed by atoms with E-state index in [1.165, 1.54) is 0 Å². The van der Waals surface area contributed by atoms with Gasteiger partial charge in [0.25, 0.3) is 5.91 Å². The number of ether oxygens (including phenoxy) is 2. The molecule has 0 aromatic heterocycles. The van der Waals surface area contributed by atoms with Gasteiger partial charge in [0.15, 0.2) is 29.7 Å². The third-order valence-electron chi connectivity index (χ3n) is 7.87. The quantitative estimate of drug-likeness (QED) is 0.327. The molecule has 7 nitrogen and oxygen atoms in total. The fourth-order valence-electron chi connectivity index (χ4n) is 6.09. The summed E-state index contributed by atoms with van der Waals surface area (Å²) in [6.07, 6.45) is 4.22. The first-order valence-electron chi connectivity index (χ1n) is 14.2. The van der Waals surface area contributed by atoms with E-state index < -0.39 is 5.92 Å². The van der Waals surface area contributed by atoms with Crippen LogP contribution in [0, 0.1) is 6.92 Å². The van der Waals surface area contributed by atoms with Crippen LogP contribution in [0.1, 0.15) is 69.4 Å². The SMILES string of the molecule is CCOc1cc(C2C3=C(CCCC3=O)N(CC)C3=C2C(=O)CCC3)cc(Br)c1OCC(=O)Nc1ccc(C)c(Cl)c1. The first-order valence-corrected chi connectivity index (χ1v) is 15.4. The maximum absolute atomic E-state index is 13.4. The summed E-state index contributed by atoms with van der Waals surface area (Å²) in [5.41, 5.74) is 5.84. The van der Waals surface area contributed by atoms with Crippen LogP contribution in [-0.2, 0) is 14.4 Å². The molecule has 0 spiro atoms. The summed E-state index contributed by atoms with van der Waals surface area (Å²) in [5.74, 6) is 0.218. The largest absolute Gasteiger partial charge is 0.490 e. The number of anilines is 1. The molecule has 2 aromatic carbocycles. The fraction of sp³-hybridized carbons (Fsp3) is 0.406. The number of nitrogens with one attached hydrogen (secondary N) is 1. The van der Waals surface area contributed by atoms with Crippen LogP contribution in [0.5, 0.6) is 11.5 Å². The number of halogens is 2. The molecule has 2 aromatic rings. The number of nitrogens with zero attached hydrogens (tertiary/aromatic N) is 1. The van der Waals surface area contributed by atoms with Crippen molar-refractivity contribution in [1.29, 1.82) is 0 Å². The normalized spacial score (nSPS) is 17.4. The predicted octanol–water partition coefficient (Wildman–Crippen LogP) is 7.26. The standard InChI is InChI=1S/C32H34BrClN2O5/c1-4-36-23-8-6-10-25(37)30(23)29(31-24(36)9-7-11-26(31)38)19-14-21(33)32(27(15-19)40-5-2)41-17-28(39)35-20-13-12-18(3)22(34)16-20/h12-16,29H,4-11,17H2,1-3H3,(H,35,39). The van der Waals surface area contributed by atoms with Crippen molar-refractivity contribution in [3.8, 4) is 11.5 Å². The lowest BCUT2D eigenvalue weighted by Gasteiger charge is -2.43. The molecule has 3 aliphatic rings. The minimum atomic E-state index is -0.456. The molecule has 0 radical (unpaired) electrons. The number of amides is 1. The lowest BCUT2D eigenvalue weighted by atomic mass is 9.71. The highest BCUT2D eigenvalue weighted by Gasteiger charge is 2.43. The fourth-order valence-corrected chi connectivity index (χ4v) is 6.85. The molecule has 1 heterocycles. The average molecular weight is 642 g/mol. The van der Waals surface area contributed by atoms with Gasteiger partial charge in [-0.1, -0.05) is 17.7 Å². The molecular weight excluding hydrogens is 608 g/mol. The minimum Gasteiger partial charge on any atom is -0.490 e. The van der Waals surface area contributed by atoms with Crippen molar-refractivity contribution in [3.63, 3.8) is 0 Å². The summed E-state index contributed by atoms with van der Waals surface area (Å²) < 4.78 is 12.5. The highest BCUT2D eigenvalue weighted by molar-refractivity contribution is 9.10. The Kier molecular flexibility index (Phi) is 8.90. The summed E-state index contributed by atoms with van der Waals surface area (Å²) in [4.78, 5) is 41.8. The molecule has 9 heteroatoms. The van der Waals surface area contributed by atoms with Crippen molar-refractivity contribution in [1.82, 2.24) is 4.90 Å². The van der Waals surface area contributed by atoms with Gasteiger partial charge in [-0.3, -0.25) is 14.4 Å². The maximum Gasteiger partial charge on any atom is 0.262 e. The van der Waals surface area contributed by atoms with Gasteiger partial charge in [0.1, 0.15) is 0 Å². The molecule has 0 fully saturated rings. The third-order valence-corrected chi connectivity index (χ3v) is 8.87. The van der Waals surface area contributed by atoms with Gasteiger partial charge in [0.05, 0.1) is 11.1 Å². The predicted molar refractivity (Wildman–Crippen MR) is 163 cm³/mol. The molecule has 41 heavy (non-hydrogen) atoms. The van der Waals surface area contributed by atoms with E-state index in [0.717, 1.165) is 65.9 Å². The van der Waals surface area contributed by atoms with E-state index in [0.29, 0.717) is 46.1 Å². The van der Waals surface area contributed by atoms with Crippen LogP contribution < -0.4 is 14.8 Å². The number of carbonyl (C=O) groups excluding carboxylic acids is 3. The molecule has 2 aliphatic carbocycles. The minimum absolute atomic E-state index is 0.0990. The molecule has 216 valence electrons. The second-order valence-electron chi connectivity index (χ2n) is 10.5. The summed E-state index contributed by atoms with van der Waals surface area (Å²) in [5, 5.41) is 3.36. The Bertz CT molecular complexity index is 1440. The van der Waals surface area contributed by atoms with Crippen LogP contribution in [0.2, 0.25) is 5.02 Å². The zero-order chi connectivity index (χ0) is 29.3. The van der Waals surface area contributed by atoms with Gasteiger partial charge in [-0.05, 0) is 97.8 Å². The number of Topliss-reactive ketones (excluding diaryl/α,β-unsaturated/α-hetero) is 2. The lowest BCUT2D eigenvalue weighted by Crippen LogP contribution is -2.39. The summed E-state index contributed by atoms with van der Waals surface area (Å²) in [7, 11) is 0. The van der Waals surface area contributed by atoms with Crippen molar-refractivity contribution >= 4 is 50.7 Å². The Balaban J connectivity index is 1.49. The van der Waals surface area contributed by atoms with Crippen LogP contribution in [0.15, 0.2) is 57.3 Å². The molecule has 0 saturated carbocycles. The number of benzene rings is 2. The van der Waals surface area contributed by atoms with Crippen molar-refractivity contribution in [2.45, 2.75) is 65.2 Å². The first-order chi connectivity index (χ1) is 19.7. The van der Waals surface area contributed by atoms with E-state index in [1.54, 1.807) is 12.1 Å². The van der Waals surface area contributed by atoms with Crippen molar-refractivity contribution in [2.75, 3.05) is 25.1 Å². The zero-order valence-electron chi connectivity index (χ0n) is 23.6. The molecule has 0 atom stereocenters. The second kappa shape index (κ2) is 12.4. The number of carbonyl (C=O) groups is 3. The Labute approximate surface area is 254 Å². The summed E-state index contributed by atoms with van der Waals surface area (Å²) >= 11 is 9.82. The van der Waals surface area contributed by atoms with Gasteiger partial charge in [-0.15, -0.1) is 0 Å². The number of allylic oxidation sites excluding steroid dienone is 4. The summed E-state index contributed by atoms with van der Waals surface area (Å²) in [6.45, 7) is 6.68. The van der Waals surface area contributed by atoms with Gasteiger partial charge in [0.2, 0.25) is 0 Å². The Hall–Kier alpha value is -3.10. The van der Waals surface area contributed by atoms with E-state index in [1.807, 2.05) is 32.0 Å². The van der Waals surface area contributed by atoms with E-state index in [4.69, 9.17) is 21.1 Å². The number of ketones is 2. The summed E-state index contributed by atoms with van der Waals surface area (Å²) in [6, 6.07) is 9.06. The number of rotatable bonds is 8. The molecular formula is C32H34BrClN2O5. The monoisotopic (exact) mass is 640 g/mol. The molecule has 1 amide bonds. The maximum atomic E-state index is 13.4. The van der Waals surface area contributed by atoms with Crippen molar-refractivity contribution in [3.05, 3.63) is 73.5 Å². The highest BCUT2D eigenvalue weighted by atomic mass is 79.9. The molecule has 1 N–H and O–H groups in total. The zero-order valence-corrected chi connectivity index (χ0v) is 25.9. The molecule has 0 unspecified atom stereocenters. The van der Waals surface area contributed by atoms with E-state index in [-0.39, 0.29) is 24.1 Å². The highest BCUT2D eigenvalue weighted by Crippen LogP contribution is 2.51. The van der Waals surface area contributed by atoms with Crippen LogP contribution in [-0.4, -0.2) is 42.1 Å². The third kappa shape index (κ3) is 5.82. The Morgan fingerprint density at radius 1 is 1.00 bits per heavy atom. The van der Waals surface area contributed by atoms with Gasteiger partial charge in [-0.25, -0.2) is 0 Å². The van der Waals surface area contributed by atoms with Crippen molar-refractivity contribution < 1.29 is 23.9 Å². The van der Waals surface area contributed by atoms with Crippen LogP contribution >= 0.6 is 27.5 Å². The van der Waals surface area contributed by atoms with E-state index in [2.05, 4.69) is 33.1 Å². The lowest BCUT2D eigenvalue weighted by molar-refractivity contribution is -0.118. The molecule has 5 rings (SSSR count). The number of hydrogen-bond acceptors (Lipinski definition) is 6. The van der Waals surface area contributed by atoms with E-state index >= 15 is 0 Å². The molecule has 0 saturated heterocycles. The van der Waals surface area contributed by atoms with Gasteiger partial charge in [-0.2, -0.15) is 0 Å². The smallest absolute Gasteiger partial charge is 0.262 e. The molecule has 0 bridgehead atoms. The number of aryl methyl sites for hydroxylation is 1. The van der Waals surface area contributed by atoms with Gasteiger partial charge in [0, 0.05) is 58.6 Å². The second-order valence-corrected chi connectivity index (χ2v) is 11.8. The van der Waals surface area contributed by atoms with Gasteiger partial charge < -0.3 is 19.7 Å². The van der Waals surface area contributed by atoms with E-state index in [9.17, 15) is 14.4 Å². The topological polar surface area (TPSA) is 84.9 Å². The average Bonchev–Trinajstić information content (AvgIpc) is 2.94.